The number of nitrogens with zero attached hydrogens (tertiary/aromatic N) is 2. The van der Waals surface area contributed by atoms with Gasteiger partial charge in [0.15, 0.2) is 0 Å². The quantitative estimate of drug-likeness (QED) is 0.777. The molecule has 24 heavy (non-hydrogen) atoms. The van der Waals surface area contributed by atoms with Gasteiger partial charge in [0, 0.05) is 32.2 Å². The number of aryl methyl sites for hydroxylation is 1. The van der Waals surface area contributed by atoms with Gasteiger partial charge in [-0.25, -0.2) is 0 Å². The molecule has 0 bridgehead atoms. The number of fused-ring (bicyclic) bond motifs is 1. The van der Waals surface area contributed by atoms with Gasteiger partial charge in [-0.15, -0.1) is 0 Å². The minimum absolute atomic E-state index is 0.0205. The lowest BCUT2D eigenvalue weighted by molar-refractivity contribution is -0.152. The van der Waals surface area contributed by atoms with E-state index in [2.05, 4.69) is 0 Å². The standard InChI is InChI=1S/C18H25N3O3/c1-24-16-7-6-14-11-20(8-2-4-13(14)10-16)17(22)18(23)21-9-3-5-15(19)12-21/h6-7,10,15H,2-5,8-9,11-12,19H2,1H3. The van der Waals surface area contributed by atoms with Gasteiger partial charge in [0.1, 0.15) is 5.75 Å². The number of piperidine rings is 1. The van der Waals surface area contributed by atoms with Crippen LogP contribution in [0.3, 0.4) is 0 Å². The lowest BCUT2D eigenvalue weighted by Crippen LogP contribution is -2.51. The summed E-state index contributed by atoms with van der Waals surface area (Å²) in [5, 5.41) is 0. The average molecular weight is 331 g/mol. The van der Waals surface area contributed by atoms with E-state index in [4.69, 9.17) is 10.5 Å². The molecule has 2 aliphatic heterocycles. The number of carbonyl (C=O) groups excluding carboxylic acids is 2. The summed E-state index contributed by atoms with van der Waals surface area (Å²) in [5.41, 5.74) is 8.21. The fourth-order valence-electron chi connectivity index (χ4n) is 3.50. The molecular formula is C18H25N3O3. The number of ether oxygens (including phenoxy) is 1. The monoisotopic (exact) mass is 331 g/mol. The van der Waals surface area contributed by atoms with Gasteiger partial charge in [-0.05, 0) is 48.9 Å². The number of methoxy groups -OCH3 is 1. The van der Waals surface area contributed by atoms with Gasteiger partial charge >= 0.3 is 11.8 Å². The molecule has 1 saturated heterocycles. The largest absolute Gasteiger partial charge is 0.497 e. The van der Waals surface area contributed by atoms with Gasteiger partial charge in [-0.3, -0.25) is 9.59 Å². The highest BCUT2D eigenvalue weighted by atomic mass is 16.5. The highest BCUT2D eigenvalue weighted by Crippen LogP contribution is 2.24. The molecule has 2 amide bonds. The Morgan fingerprint density at radius 3 is 2.62 bits per heavy atom. The molecule has 0 aliphatic carbocycles. The summed E-state index contributed by atoms with van der Waals surface area (Å²) in [4.78, 5) is 28.5. The maximum atomic E-state index is 12.7. The molecule has 6 nitrogen and oxygen atoms in total. The van der Waals surface area contributed by atoms with Crippen molar-refractivity contribution < 1.29 is 14.3 Å². The van der Waals surface area contributed by atoms with Crippen LogP contribution in [0.15, 0.2) is 18.2 Å². The van der Waals surface area contributed by atoms with Crippen LogP contribution in [0.4, 0.5) is 0 Å². The van der Waals surface area contributed by atoms with Crippen molar-refractivity contribution in [3.63, 3.8) is 0 Å². The van der Waals surface area contributed by atoms with E-state index in [1.165, 1.54) is 5.56 Å². The van der Waals surface area contributed by atoms with Crippen molar-refractivity contribution in [2.45, 2.75) is 38.3 Å². The summed E-state index contributed by atoms with van der Waals surface area (Å²) < 4.78 is 5.27. The first kappa shape index (κ1) is 16.8. The summed E-state index contributed by atoms with van der Waals surface area (Å²) in [5.74, 6) is 0.00165. The van der Waals surface area contributed by atoms with Gasteiger partial charge in [0.25, 0.3) is 0 Å². The Balaban J connectivity index is 1.71. The predicted molar refractivity (Wildman–Crippen MR) is 90.5 cm³/mol. The topological polar surface area (TPSA) is 75.9 Å². The summed E-state index contributed by atoms with van der Waals surface area (Å²) in [6, 6.07) is 5.89. The first-order valence-corrected chi connectivity index (χ1v) is 8.58. The number of rotatable bonds is 1. The Bertz CT molecular complexity index is 632. The normalized spacial score (nSPS) is 21.0. The summed E-state index contributed by atoms with van der Waals surface area (Å²) in [6.07, 6.45) is 3.51. The van der Waals surface area contributed by atoms with Crippen molar-refractivity contribution >= 4 is 11.8 Å². The second-order valence-corrected chi connectivity index (χ2v) is 6.62. The molecule has 2 aliphatic rings. The number of likely N-dealkylation sites (tertiary alicyclic amines) is 1. The van der Waals surface area contributed by atoms with Crippen molar-refractivity contribution in [2.75, 3.05) is 26.7 Å². The molecule has 2 N–H and O–H groups in total. The van der Waals surface area contributed by atoms with Crippen LogP contribution >= 0.6 is 0 Å². The maximum absolute atomic E-state index is 12.7. The minimum Gasteiger partial charge on any atom is -0.497 e. The third-order valence-electron chi connectivity index (χ3n) is 4.86. The van der Waals surface area contributed by atoms with E-state index >= 15 is 0 Å². The van der Waals surface area contributed by atoms with E-state index in [1.807, 2.05) is 18.2 Å². The van der Waals surface area contributed by atoms with Gasteiger partial charge in [0.2, 0.25) is 0 Å². The van der Waals surface area contributed by atoms with Crippen LogP contribution < -0.4 is 10.5 Å². The van der Waals surface area contributed by atoms with Crippen LogP contribution in [0.5, 0.6) is 5.75 Å². The van der Waals surface area contributed by atoms with E-state index in [0.29, 0.717) is 26.2 Å². The van der Waals surface area contributed by atoms with Gasteiger partial charge in [-0.1, -0.05) is 6.07 Å². The Kier molecular flexibility index (Phi) is 5.04. The van der Waals surface area contributed by atoms with Crippen molar-refractivity contribution in [2.24, 2.45) is 5.73 Å². The molecule has 0 spiro atoms. The summed E-state index contributed by atoms with van der Waals surface area (Å²) >= 11 is 0. The average Bonchev–Trinajstić information content (AvgIpc) is 2.82. The molecular weight excluding hydrogens is 306 g/mol. The number of carbonyl (C=O) groups is 2. The van der Waals surface area contributed by atoms with Crippen LogP contribution in [0.1, 0.15) is 30.4 Å². The van der Waals surface area contributed by atoms with Crippen molar-refractivity contribution in [3.05, 3.63) is 29.3 Å². The Morgan fingerprint density at radius 1 is 1.12 bits per heavy atom. The van der Waals surface area contributed by atoms with Crippen LogP contribution in [-0.2, 0) is 22.6 Å². The number of amides is 2. The Hall–Kier alpha value is -2.08. The van der Waals surface area contributed by atoms with Crippen LogP contribution in [0.2, 0.25) is 0 Å². The number of hydrogen-bond acceptors (Lipinski definition) is 4. The van der Waals surface area contributed by atoms with E-state index < -0.39 is 11.8 Å². The first-order valence-electron chi connectivity index (χ1n) is 8.58. The summed E-state index contributed by atoms with van der Waals surface area (Å²) in [6.45, 7) is 2.18. The van der Waals surface area contributed by atoms with Crippen LogP contribution in [0, 0.1) is 0 Å². The Labute approximate surface area is 142 Å². The zero-order chi connectivity index (χ0) is 17.1. The molecule has 3 rings (SSSR count). The first-order chi connectivity index (χ1) is 11.6. The molecule has 130 valence electrons. The fraction of sp³-hybridized carbons (Fsp3) is 0.556. The van der Waals surface area contributed by atoms with Gasteiger partial charge in [0.05, 0.1) is 7.11 Å². The molecule has 1 aromatic rings. The zero-order valence-electron chi connectivity index (χ0n) is 14.2. The van der Waals surface area contributed by atoms with Crippen molar-refractivity contribution in [1.82, 2.24) is 9.80 Å². The predicted octanol–water partition coefficient (Wildman–Crippen LogP) is 0.920. The van der Waals surface area contributed by atoms with E-state index in [0.717, 1.165) is 37.0 Å². The fourth-order valence-corrected chi connectivity index (χ4v) is 3.50. The molecule has 2 heterocycles. The molecule has 0 radical (unpaired) electrons. The zero-order valence-corrected chi connectivity index (χ0v) is 14.2. The molecule has 1 aromatic carbocycles. The lowest BCUT2D eigenvalue weighted by Gasteiger charge is -2.32. The lowest BCUT2D eigenvalue weighted by atomic mass is 10.0. The SMILES string of the molecule is COc1ccc2c(c1)CCCN(C(=O)C(=O)N1CCCC(N)C1)C2. The van der Waals surface area contributed by atoms with Gasteiger partial charge in [-0.2, -0.15) is 0 Å². The molecule has 1 fully saturated rings. The second kappa shape index (κ2) is 7.21. The molecule has 0 aromatic heterocycles. The third kappa shape index (κ3) is 3.53. The van der Waals surface area contributed by atoms with Crippen LogP contribution in [-0.4, -0.2) is 54.4 Å². The van der Waals surface area contributed by atoms with Crippen molar-refractivity contribution in [1.29, 1.82) is 0 Å². The second-order valence-electron chi connectivity index (χ2n) is 6.62. The van der Waals surface area contributed by atoms with E-state index in [-0.39, 0.29) is 6.04 Å². The highest BCUT2D eigenvalue weighted by molar-refractivity contribution is 6.34. The smallest absolute Gasteiger partial charge is 0.312 e. The number of nitrogens with two attached hydrogens (primary N) is 1. The number of benzene rings is 1. The maximum Gasteiger partial charge on any atom is 0.312 e. The molecule has 6 heteroatoms. The minimum atomic E-state index is -0.415. The van der Waals surface area contributed by atoms with Gasteiger partial charge < -0.3 is 20.3 Å². The van der Waals surface area contributed by atoms with E-state index in [1.54, 1.807) is 16.9 Å². The number of hydrogen-bond donors (Lipinski definition) is 1. The molecule has 0 saturated carbocycles. The molecule has 1 atom stereocenters. The third-order valence-corrected chi connectivity index (χ3v) is 4.86. The summed E-state index contributed by atoms with van der Waals surface area (Å²) in [7, 11) is 1.65. The Morgan fingerprint density at radius 2 is 1.88 bits per heavy atom. The molecule has 1 unspecified atom stereocenters. The van der Waals surface area contributed by atoms with Crippen LogP contribution in [0.25, 0.3) is 0 Å². The highest BCUT2D eigenvalue weighted by Gasteiger charge is 2.30. The van der Waals surface area contributed by atoms with Crippen molar-refractivity contribution in [3.8, 4) is 5.75 Å². The van der Waals surface area contributed by atoms with E-state index in [9.17, 15) is 9.59 Å².